The lowest BCUT2D eigenvalue weighted by Crippen LogP contribution is -2.54. The second kappa shape index (κ2) is 4.47. The normalized spacial score (nSPS) is 19.5. The smallest absolute Gasteiger partial charge is 0.326 e. The molecule has 0 aromatic carbocycles. The molecule has 1 rings (SSSR count). The van der Waals surface area contributed by atoms with Gasteiger partial charge in [-0.05, 0) is 25.2 Å². The van der Waals surface area contributed by atoms with E-state index in [-0.39, 0.29) is 5.97 Å². The molecule has 1 aliphatic rings. The van der Waals surface area contributed by atoms with Crippen LogP contribution in [-0.2, 0) is 9.53 Å². The van der Waals surface area contributed by atoms with Crippen LogP contribution in [0.4, 0.5) is 0 Å². The number of esters is 1. The van der Waals surface area contributed by atoms with E-state index in [9.17, 15) is 4.79 Å². The fraction of sp³-hybridized carbons (Fsp3) is 0.727. The van der Waals surface area contributed by atoms with Crippen molar-refractivity contribution in [3.05, 3.63) is 0 Å². The molecular weight excluding hydrogens is 178 g/mol. The molecule has 1 aliphatic carbocycles. The lowest BCUT2D eigenvalue weighted by molar-refractivity contribution is -0.149. The van der Waals surface area contributed by atoms with Crippen LogP contribution in [0.3, 0.4) is 0 Å². The Morgan fingerprint density at radius 2 is 2.36 bits per heavy atom. The molecule has 0 aromatic heterocycles. The van der Waals surface area contributed by atoms with E-state index in [0.29, 0.717) is 12.5 Å². The molecule has 3 heteroatoms. The molecule has 78 valence electrons. The summed E-state index contributed by atoms with van der Waals surface area (Å²) in [6.07, 6.45) is 8.08. The molecule has 0 saturated heterocycles. The highest BCUT2D eigenvalue weighted by molar-refractivity contribution is 5.81. The Bertz CT molecular complexity index is 253. The number of methoxy groups -OCH3 is 1. The summed E-state index contributed by atoms with van der Waals surface area (Å²) >= 11 is 0. The Balaban J connectivity index is 2.75. The molecule has 0 radical (unpaired) electrons. The van der Waals surface area contributed by atoms with Gasteiger partial charge >= 0.3 is 5.97 Å². The number of rotatable bonds is 5. The van der Waals surface area contributed by atoms with Gasteiger partial charge in [0.2, 0.25) is 0 Å². The lowest BCUT2D eigenvalue weighted by atomic mass is 9.90. The van der Waals surface area contributed by atoms with Crippen LogP contribution in [-0.4, -0.2) is 25.2 Å². The molecule has 0 spiro atoms. The van der Waals surface area contributed by atoms with Crippen LogP contribution in [0.2, 0.25) is 0 Å². The first-order valence-corrected chi connectivity index (χ1v) is 4.98. The Morgan fingerprint density at radius 3 is 2.71 bits per heavy atom. The maximum atomic E-state index is 11.7. The van der Waals surface area contributed by atoms with E-state index in [4.69, 9.17) is 11.2 Å². The summed E-state index contributed by atoms with van der Waals surface area (Å²) in [4.78, 5) is 11.7. The van der Waals surface area contributed by atoms with Crippen molar-refractivity contribution in [1.82, 2.24) is 5.32 Å². The molecule has 0 heterocycles. The summed E-state index contributed by atoms with van der Waals surface area (Å²) in [5, 5.41) is 3.13. The fourth-order valence-electron chi connectivity index (χ4n) is 1.91. The lowest BCUT2D eigenvalue weighted by Gasteiger charge is -2.30. The molecule has 1 N–H and O–H groups in total. The standard InChI is InChI=1S/C11H17NO2/c1-4-8-12-11(5-2,9-6-7-9)10(13)14-3/h1,9,12H,5-8H2,2-3H3. The zero-order valence-electron chi connectivity index (χ0n) is 8.80. The van der Waals surface area contributed by atoms with Crippen molar-refractivity contribution in [1.29, 1.82) is 0 Å². The van der Waals surface area contributed by atoms with Crippen LogP contribution in [0.25, 0.3) is 0 Å². The molecule has 1 fully saturated rings. The van der Waals surface area contributed by atoms with Gasteiger partial charge in [-0.25, -0.2) is 0 Å². The van der Waals surface area contributed by atoms with Crippen LogP contribution < -0.4 is 5.32 Å². The summed E-state index contributed by atoms with van der Waals surface area (Å²) in [5.41, 5.74) is -0.541. The van der Waals surface area contributed by atoms with Crippen molar-refractivity contribution in [2.75, 3.05) is 13.7 Å². The van der Waals surface area contributed by atoms with Crippen molar-refractivity contribution in [3.8, 4) is 12.3 Å². The molecule has 0 bridgehead atoms. The number of hydrogen-bond acceptors (Lipinski definition) is 3. The van der Waals surface area contributed by atoms with Gasteiger partial charge in [0.25, 0.3) is 0 Å². The highest BCUT2D eigenvalue weighted by Gasteiger charge is 2.50. The first-order chi connectivity index (χ1) is 6.71. The van der Waals surface area contributed by atoms with E-state index < -0.39 is 5.54 Å². The molecule has 1 atom stereocenters. The molecule has 0 aliphatic heterocycles. The van der Waals surface area contributed by atoms with Gasteiger partial charge < -0.3 is 4.74 Å². The highest BCUT2D eigenvalue weighted by Crippen LogP contribution is 2.42. The van der Waals surface area contributed by atoms with Gasteiger partial charge in [-0.2, -0.15) is 0 Å². The first-order valence-electron chi connectivity index (χ1n) is 4.98. The molecule has 3 nitrogen and oxygen atoms in total. The maximum absolute atomic E-state index is 11.7. The molecule has 14 heavy (non-hydrogen) atoms. The van der Waals surface area contributed by atoms with E-state index in [1.54, 1.807) is 0 Å². The topological polar surface area (TPSA) is 38.3 Å². The second-order valence-electron chi connectivity index (χ2n) is 3.65. The average Bonchev–Trinajstić information content (AvgIpc) is 3.03. The number of hydrogen-bond donors (Lipinski definition) is 1. The second-order valence-corrected chi connectivity index (χ2v) is 3.65. The quantitative estimate of drug-likeness (QED) is 0.524. The molecule has 1 saturated carbocycles. The van der Waals surface area contributed by atoms with Gasteiger partial charge in [0.05, 0.1) is 13.7 Å². The van der Waals surface area contributed by atoms with Crippen LogP contribution in [0.1, 0.15) is 26.2 Å². The van der Waals surface area contributed by atoms with Crippen LogP contribution in [0.5, 0.6) is 0 Å². The molecular formula is C11H17NO2. The van der Waals surface area contributed by atoms with Gasteiger partial charge in [-0.3, -0.25) is 10.1 Å². The van der Waals surface area contributed by atoms with Crippen LogP contribution in [0.15, 0.2) is 0 Å². The monoisotopic (exact) mass is 195 g/mol. The minimum Gasteiger partial charge on any atom is -0.468 e. The summed E-state index contributed by atoms with van der Waals surface area (Å²) in [7, 11) is 1.42. The first kappa shape index (κ1) is 11.1. The highest BCUT2D eigenvalue weighted by atomic mass is 16.5. The number of ether oxygens (including phenoxy) is 1. The van der Waals surface area contributed by atoms with Crippen LogP contribution in [0, 0.1) is 18.3 Å². The largest absolute Gasteiger partial charge is 0.468 e. The van der Waals surface area contributed by atoms with Crippen molar-refractivity contribution >= 4 is 5.97 Å². The van der Waals surface area contributed by atoms with Gasteiger partial charge in [-0.1, -0.05) is 12.8 Å². The third-order valence-electron chi connectivity index (χ3n) is 2.89. The van der Waals surface area contributed by atoms with Crippen molar-refractivity contribution in [3.63, 3.8) is 0 Å². The van der Waals surface area contributed by atoms with Crippen LogP contribution >= 0.6 is 0 Å². The minimum atomic E-state index is -0.541. The average molecular weight is 195 g/mol. The summed E-state index contributed by atoms with van der Waals surface area (Å²) in [5.74, 6) is 2.71. The van der Waals surface area contributed by atoms with Gasteiger partial charge in [-0.15, -0.1) is 6.42 Å². The Hall–Kier alpha value is -1.01. The molecule has 0 amide bonds. The Morgan fingerprint density at radius 1 is 1.71 bits per heavy atom. The summed E-state index contributed by atoms with van der Waals surface area (Å²) in [6.45, 7) is 2.40. The SMILES string of the molecule is C#CCNC(CC)(C(=O)OC)C1CC1. The fourth-order valence-corrected chi connectivity index (χ4v) is 1.91. The molecule has 1 unspecified atom stereocenters. The third-order valence-corrected chi connectivity index (χ3v) is 2.89. The van der Waals surface area contributed by atoms with E-state index in [2.05, 4.69) is 11.2 Å². The maximum Gasteiger partial charge on any atom is 0.326 e. The number of carbonyl (C=O) groups is 1. The zero-order valence-corrected chi connectivity index (χ0v) is 8.80. The summed E-state index contributed by atoms with van der Waals surface area (Å²) in [6, 6.07) is 0. The minimum absolute atomic E-state index is 0.183. The third kappa shape index (κ3) is 1.91. The number of terminal acetylenes is 1. The number of nitrogens with one attached hydrogen (secondary N) is 1. The van der Waals surface area contributed by atoms with Crippen molar-refractivity contribution in [2.45, 2.75) is 31.7 Å². The van der Waals surface area contributed by atoms with Gasteiger partial charge in [0, 0.05) is 0 Å². The van der Waals surface area contributed by atoms with Crippen molar-refractivity contribution < 1.29 is 9.53 Å². The number of carbonyl (C=O) groups excluding carboxylic acids is 1. The van der Waals surface area contributed by atoms with E-state index in [1.807, 2.05) is 6.92 Å². The van der Waals surface area contributed by atoms with E-state index in [1.165, 1.54) is 7.11 Å². The van der Waals surface area contributed by atoms with E-state index in [0.717, 1.165) is 19.3 Å². The van der Waals surface area contributed by atoms with Gasteiger partial charge in [0.15, 0.2) is 0 Å². The Labute approximate surface area is 85.2 Å². The summed E-state index contributed by atoms with van der Waals surface area (Å²) < 4.78 is 4.83. The van der Waals surface area contributed by atoms with E-state index >= 15 is 0 Å². The Kier molecular flexibility index (Phi) is 3.54. The van der Waals surface area contributed by atoms with Gasteiger partial charge in [0.1, 0.15) is 5.54 Å². The zero-order chi connectivity index (χ0) is 10.6. The van der Waals surface area contributed by atoms with Crippen molar-refractivity contribution in [2.24, 2.45) is 5.92 Å². The predicted octanol–water partition coefficient (Wildman–Crippen LogP) is 0.941. The molecule has 0 aromatic rings. The predicted molar refractivity (Wildman–Crippen MR) is 54.6 cm³/mol.